The van der Waals surface area contributed by atoms with Crippen LogP contribution in [0.15, 0.2) is 48.5 Å². The third-order valence-electron chi connectivity index (χ3n) is 6.79. The van der Waals surface area contributed by atoms with Crippen LogP contribution >= 0.6 is 0 Å². The normalized spacial score (nSPS) is 17.4. The van der Waals surface area contributed by atoms with Gasteiger partial charge >= 0.3 is 0 Å². The molecule has 1 aliphatic carbocycles. The molecule has 6 heteroatoms. The van der Waals surface area contributed by atoms with Gasteiger partial charge in [0.2, 0.25) is 11.8 Å². The minimum atomic E-state index is -0.570. The first kappa shape index (κ1) is 23.1. The molecule has 2 N–H and O–H groups in total. The summed E-state index contributed by atoms with van der Waals surface area (Å²) in [5, 5.41) is 6.11. The van der Waals surface area contributed by atoms with Crippen LogP contribution < -0.4 is 20.1 Å². The van der Waals surface area contributed by atoms with Gasteiger partial charge in [0.1, 0.15) is 19.3 Å². The van der Waals surface area contributed by atoms with Crippen LogP contribution in [0.1, 0.15) is 50.7 Å². The molecule has 33 heavy (non-hydrogen) atoms. The predicted octanol–water partition coefficient (Wildman–Crippen LogP) is 3.77. The number of hydrogen-bond acceptors (Lipinski definition) is 4. The van der Waals surface area contributed by atoms with Crippen molar-refractivity contribution in [3.63, 3.8) is 0 Å². The van der Waals surface area contributed by atoms with Gasteiger partial charge in [-0.15, -0.1) is 0 Å². The Morgan fingerprint density at radius 2 is 1.67 bits per heavy atom. The molecule has 0 unspecified atom stereocenters. The van der Waals surface area contributed by atoms with Gasteiger partial charge in [0.25, 0.3) is 0 Å². The van der Waals surface area contributed by atoms with E-state index in [9.17, 15) is 9.59 Å². The standard InChI is InChI=1S/C27H34N2O4/c1-19(2)25(29-24(30)16-20-8-4-3-5-9-20)26(31)28-18-27(12-6-7-13-27)21-10-11-22-23(17-21)33-15-14-32-22/h3-5,8-11,17,19,25H,6-7,12-16,18H2,1-2H3,(H,28,31)(H,29,30)/t25-/m0/s1. The van der Waals surface area contributed by atoms with Crippen LogP contribution in [0.25, 0.3) is 0 Å². The summed E-state index contributed by atoms with van der Waals surface area (Å²) in [7, 11) is 0. The first-order valence-electron chi connectivity index (χ1n) is 12.0. The molecule has 1 atom stereocenters. The highest BCUT2D eigenvalue weighted by Gasteiger charge is 2.37. The van der Waals surface area contributed by atoms with Crippen molar-refractivity contribution in [3.8, 4) is 11.5 Å². The van der Waals surface area contributed by atoms with E-state index < -0.39 is 6.04 Å². The van der Waals surface area contributed by atoms with E-state index in [0.29, 0.717) is 19.8 Å². The molecule has 6 nitrogen and oxygen atoms in total. The van der Waals surface area contributed by atoms with Crippen molar-refractivity contribution in [3.05, 3.63) is 59.7 Å². The highest BCUT2D eigenvalue weighted by atomic mass is 16.6. The highest BCUT2D eigenvalue weighted by Crippen LogP contribution is 2.43. The number of fused-ring (bicyclic) bond motifs is 1. The van der Waals surface area contributed by atoms with Crippen molar-refractivity contribution >= 4 is 11.8 Å². The molecule has 1 heterocycles. The van der Waals surface area contributed by atoms with Crippen molar-refractivity contribution < 1.29 is 19.1 Å². The van der Waals surface area contributed by atoms with Crippen molar-refractivity contribution in [2.24, 2.45) is 5.92 Å². The second-order valence-corrected chi connectivity index (χ2v) is 9.52. The molecule has 0 bridgehead atoms. The topological polar surface area (TPSA) is 76.7 Å². The number of ether oxygens (including phenoxy) is 2. The fraction of sp³-hybridized carbons (Fsp3) is 0.481. The number of carbonyl (C=O) groups is 2. The van der Waals surface area contributed by atoms with E-state index in [2.05, 4.69) is 22.8 Å². The Morgan fingerprint density at radius 3 is 2.36 bits per heavy atom. The van der Waals surface area contributed by atoms with Crippen LogP contribution in [0.5, 0.6) is 11.5 Å². The molecule has 0 aromatic heterocycles. The monoisotopic (exact) mass is 450 g/mol. The summed E-state index contributed by atoms with van der Waals surface area (Å²) in [6, 6.07) is 15.2. The summed E-state index contributed by atoms with van der Waals surface area (Å²) in [5.74, 6) is 1.28. The van der Waals surface area contributed by atoms with E-state index in [0.717, 1.165) is 42.7 Å². The van der Waals surface area contributed by atoms with E-state index >= 15 is 0 Å². The number of benzene rings is 2. The van der Waals surface area contributed by atoms with Gasteiger partial charge < -0.3 is 20.1 Å². The van der Waals surface area contributed by atoms with E-state index in [1.165, 1.54) is 5.56 Å². The number of nitrogens with one attached hydrogen (secondary N) is 2. The molecule has 1 aliphatic heterocycles. The summed E-state index contributed by atoms with van der Waals surface area (Å²) in [6.45, 7) is 5.58. The molecule has 0 spiro atoms. The fourth-order valence-corrected chi connectivity index (χ4v) is 4.90. The van der Waals surface area contributed by atoms with Gasteiger partial charge in [-0.05, 0) is 42.0 Å². The smallest absolute Gasteiger partial charge is 0.242 e. The van der Waals surface area contributed by atoms with E-state index in [-0.39, 0.29) is 29.6 Å². The lowest BCUT2D eigenvalue weighted by atomic mass is 9.78. The number of amides is 2. The van der Waals surface area contributed by atoms with Crippen LogP contribution in [0.4, 0.5) is 0 Å². The van der Waals surface area contributed by atoms with E-state index in [1.807, 2.05) is 50.2 Å². The van der Waals surface area contributed by atoms with Crippen LogP contribution in [0, 0.1) is 5.92 Å². The van der Waals surface area contributed by atoms with Gasteiger partial charge in [-0.2, -0.15) is 0 Å². The minimum absolute atomic E-state index is 0.0152. The Balaban J connectivity index is 1.42. The Hall–Kier alpha value is -3.02. The summed E-state index contributed by atoms with van der Waals surface area (Å²) >= 11 is 0. The zero-order chi connectivity index (χ0) is 23.3. The quantitative estimate of drug-likeness (QED) is 0.642. The lowest BCUT2D eigenvalue weighted by molar-refractivity contribution is -0.130. The molecule has 2 aliphatic rings. The predicted molar refractivity (Wildman–Crippen MR) is 128 cm³/mol. The van der Waals surface area contributed by atoms with Crippen molar-refractivity contribution in [1.82, 2.24) is 10.6 Å². The highest BCUT2D eigenvalue weighted by molar-refractivity contribution is 5.88. The zero-order valence-electron chi connectivity index (χ0n) is 19.6. The Morgan fingerprint density at radius 1 is 0.970 bits per heavy atom. The average molecular weight is 451 g/mol. The Kier molecular flexibility index (Phi) is 7.21. The Labute approximate surface area is 196 Å². The Bertz CT molecular complexity index is 967. The molecule has 0 saturated heterocycles. The lowest BCUT2D eigenvalue weighted by Crippen LogP contribution is -2.52. The van der Waals surface area contributed by atoms with Gasteiger partial charge in [-0.25, -0.2) is 0 Å². The van der Waals surface area contributed by atoms with Gasteiger partial charge in [-0.3, -0.25) is 9.59 Å². The molecule has 176 valence electrons. The first-order valence-corrected chi connectivity index (χ1v) is 12.0. The first-order chi connectivity index (χ1) is 16.0. The minimum Gasteiger partial charge on any atom is -0.486 e. The summed E-state index contributed by atoms with van der Waals surface area (Å²) in [4.78, 5) is 25.8. The SMILES string of the molecule is CC(C)[C@H](NC(=O)Cc1ccccc1)C(=O)NCC1(c2ccc3c(c2)OCCO3)CCCC1. The molecule has 2 aromatic carbocycles. The second-order valence-electron chi connectivity index (χ2n) is 9.52. The molecule has 4 rings (SSSR count). The fourth-order valence-electron chi connectivity index (χ4n) is 4.90. The molecule has 2 aromatic rings. The summed E-state index contributed by atoms with van der Waals surface area (Å²) < 4.78 is 11.5. The third kappa shape index (κ3) is 5.49. The lowest BCUT2D eigenvalue weighted by Gasteiger charge is -2.32. The zero-order valence-corrected chi connectivity index (χ0v) is 19.6. The molecular formula is C27H34N2O4. The summed E-state index contributed by atoms with van der Waals surface area (Å²) in [6.07, 6.45) is 4.55. The molecular weight excluding hydrogens is 416 g/mol. The van der Waals surface area contributed by atoms with E-state index in [1.54, 1.807) is 0 Å². The number of hydrogen-bond donors (Lipinski definition) is 2. The van der Waals surface area contributed by atoms with E-state index in [4.69, 9.17) is 9.47 Å². The van der Waals surface area contributed by atoms with Crippen LogP contribution in [0.2, 0.25) is 0 Å². The van der Waals surface area contributed by atoms with Crippen LogP contribution in [0.3, 0.4) is 0 Å². The molecule has 0 radical (unpaired) electrons. The van der Waals surface area contributed by atoms with Crippen LogP contribution in [-0.2, 0) is 21.4 Å². The maximum atomic E-state index is 13.2. The van der Waals surface area contributed by atoms with Gasteiger partial charge in [-0.1, -0.05) is 63.1 Å². The summed E-state index contributed by atoms with van der Waals surface area (Å²) in [5.41, 5.74) is 1.99. The van der Waals surface area contributed by atoms with Crippen LogP contribution in [-0.4, -0.2) is 37.6 Å². The molecule has 2 amide bonds. The number of carbonyl (C=O) groups excluding carboxylic acids is 2. The van der Waals surface area contributed by atoms with Crippen molar-refractivity contribution in [2.75, 3.05) is 19.8 Å². The largest absolute Gasteiger partial charge is 0.486 e. The van der Waals surface area contributed by atoms with Crippen molar-refractivity contribution in [2.45, 2.75) is 57.4 Å². The second kappa shape index (κ2) is 10.3. The van der Waals surface area contributed by atoms with Gasteiger partial charge in [0.05, 0.1) is 6.42 Å². The molecule has 1 fully saturated rings. The maximum Gasteiger partial charge on any atom is 0.242 e. The van der Waals surface area contributed by atoms with Gasteiger partial charge in [0.15, 0.2) is 11.5 Å². The van der Waals surface area contributed by atoms with Crippen molar-refractivity contribution in [1.29, 1.82) is 0 Å². The number of rotatable bonds is 8. The third-order valence-corrected chi connectivity index (χ3v) is 6.79. The maximum absolute atomic E-state index is 13.2. The van der Waals surface area contributed by atoms with Gasteiger partial charge in [0, 0.05) is 12.0 Å². The average Bonchev–Trinajstić information content (AvgIpc) is 3.31. The molecule has 1 saturated carbocycles.